The molecule has 2 unspecified atom stereocenters. The summed E-state index contributed by atoms with van der Waals surface area (Å²) in [6.07, 6.45) is 0. The fraction of sp³-hybridized carbons (Fsp3) is 0.151. The maximum absolute atomic E-state index is 18.7. The van der Waals surface area contributed by atoms with E-state index in [9.17, 15) is 24.9 Å². The van der Waals surface area contributed by atoms with Gasteiger partial charge in [-0.3, -0.25) is 0 Å². The minimum absolute atomic E-state index is 0.0746. The number of halogens is 4. The predicted molar refractivity (Wildman–Crippen MR) is 255 cm³/mol. The van der Waals surface area contributed by atoms with Gasteiger partial charge in [0.05, 0.1) is 12.7 Å². The first-order valence-electron chi connectivity index (χ1n) is 21.0. The molecule has 1 aliphatic rings. The molecule has 0 aliphatic heterocycles. The molecule has 0 bridgehead atoms. The molecule has 0 amide bonds. The zero-order chi connectivity index (χ0) is 48.2. The number of hydrogen-bond acceptors (Lipinski definition) is 11. The van der Waals surface area contributed by atoms with Gasteiger partial charge in [-0.2, -0.15) is 10.5 Å². The molecule has 0 saturated carbocycles. The Morgan fingerprint density at radius 3 is 1.35 bits per heavy atom. The molecule has 11 nitrogen and oxygen atoms in total. The monoisotopic (exact) mass is 1040 g/mol. The van der Waals surface area contributed by atoms with Crippen molar-refractivity contribution in [3.05, 3.63) is 185 Å². The van der Waals surface area contributed by atoms with Crippen LogP contribution in [0.25, 0.3) is 33.4 Å². The summed E-state index contributed by atoms with van der Waals surface area (Å²) in [5.41, 5.74) is -2.13. The van der Waals surface area contributed by atoms with Gasteiger partial charge in [0.15, 0.2) is 11.7 Å². The van der Waals surface area contributed by atoms with Crippen LogP contribution in [0.5, 0.6) is 17.2 Å². The number of para-hydroxylation sites is 3. The fourth-order valence-electron chi connectivity index (χ4n) is 7.34. The third-order valence-corrected chi connectivity index (χ3v) is 11.1. The van der Waals surface area contributed by atoms with Crippen LogP contribution in [0.4, 0.5) is 8.78 Å². The summed E-state index contributed by atoms with van der Waals surface area (Å²) in [6.45, 7) is 1.32. The molecular formula is C53H38Br2F2N2O9. The second kappa shape index (κ2) is 22.3. The van der Waals surface area contributed by atoms with Crippen LogP contribution in [0.3, 0.4) is 0 Å². The number of alkyl halides is 2. The molecule has 0 fully saturated rings. The molecule has 0 aromatic heterocycles. The van der Waals surface area contributed by atoms with Crippen molar-refractivity contribution in [1.82, 2.24) is 0 Å². The normalized spacial score (nSPS) is 15.4. The zero-order valence-corrected chi connectivity index (χ0v) is 39.2. The highest BCUT2D eigenvalue weighted by molar-refractivity contribution is 9.09. The van der Waals surface area contributed by atoms with Gasteiger partial charge in [-0.25, -0.2) is 23.2 Å². The van der Waals surface area contributed by atoms with Crippen LogP contribution in [0.2, 0.25) is 0 Å². The Labute approximate surface area is 407 Å². The maximum atomic E-state index is 18.7. The van der Waals surface area contributed by atoms with Crippen LogP contribution in [0.1, 0.15) is 38.0 Å². The summed E-state index contributed by atoms with van der Waals surface area (Å²) in [6, 6.07) is 42.2. The molecule has 2 atom stereocenters. The Bertz CT molecular complexity index is 2990. The largest absolute Gasteiger partial charge is 0.462 e. The van der Waals surface area contributed by atoms with Gasteiger partial charge in [-0.05, 0) is 41.8 Å². The summed E-state index contributed by atoms with van der Waals surface area (Å²) in [7, 11) is 0. The van der Waals surface area contributed by atoms with Crippen LogP contribution >= 0.6 is 31.9 Å². The van der Waals surface area contributed by atoms with Crippen molar-refractivity contribution in [3.8, 4) is 62.8 Å². The SMILES string of the molecule is CCOC(=O)c1cccc(-c2ccccc2)c1OC1(C#N)C(F)=C(Oc2c(C(=O)OCCBr)cccc2-c2ccccc2)C(Oc2c(C(=O)OCCBr)cccc2-c2ccccc2)=C(F)C1C#N. The van der Waals surface area contributed by atoms with E-state index in [1.54, 1.807) is 122 Å². The molecule has 6 aromatic rings. The van der Waals surface area contributed by atoms with E-state index in [0.717, 1.165) is 0 Å². The van der Waals surface area contributed by atoms with E-state index in [-0.39, 0.29) is 75.4 Å². The number of ether oxygens (including phenoxy) is 6. The van der Waals surface area contributed by atoms with Gasteiger partial charge < -0.3 is 28.4 Å². The first-order chi connectivity index (χ1) is 33.1. The van der Waals surface area contributed by atoms with Crippen LogP contribution in [-0.4, -0.2) is 54.0 Å². The summed E-state index contributed by atoms with van der Waals surface area (Å²) in [5.74, 6) is -11.9. The Morgan fingerprint density at radius 1 is 0.559 bits per heavy atom. The zero-order valence-electron chi connectivity index (χ0n) is 36.0. The molecule has 342 valence electrons. The van der Waals surface area contributed by atoms with Gasteiger partial charge in [0, 0.05) is 27.4 Å². The number of hydrogen-bond donors (Lipinski definition) is 0. The third kappa shape index (κ3) is 9.91. The molecule has 15 heteroatoms. The molecule has 7 rings (SSSR count). The first kappa shape index (κ1) is 48.3. The van der Waals surface area contributed by atoms with Crippen molar-refractivity contribution in [2.75, 3.05) is 30.5 Å². The third-order valence-electron chi connectivity index (χ3n) is 10.4. The fourth-order valence-corrected chi connectivity index (χ4v) is 7.66. The molecule has 6 aromatic carbocycles. The Balaban J connectivity index is 1.55. The molecule has 0 heterocycles. The molecule has 68 heavy (non-hydrogen) atoms. The molecular weight excluding hydrogens is 1010 g/mol. The van der Waals surface area contributed by atoms with Crippen molar-refractivity contribution < 1.29 is 51.6 Å². The lowest BCUT2D eigenvalue weighted by atomic mass is 9.81. The Hall–Kier alpha value is -7.59. The van der Waals surface area contributed by atoms with Crippen LogP contribution < -0.4 is 14.2 Å². The summed E-state index contributed by atoms with van der Waals surface area (Å²) >= 11 is 6.48. The summed E-state index contributed by atoms with van der Waals surface area (Å²) in [5, 5.41) is 22.7. The van der Waals surface area contributed by atoms with Gasteiger partial charge in [0.25, 0.3) is 5.60 Å². The Kier molecular flexibility index (Phi) is 15.8. The minimum Gasteiger partial charge on any atom is -0.462 e. The second-order valence-corrected chi connectivity index (χ2v) is 16.1. The number of esters is 3. The van der Waals surface area contributed by atoms with E-state index < -0.39 is 58.3 Å². The molecule has 0 spiro atoms. The number of nitrogens with zero attached hydrogens (tertiary/aromatic N) is 2. The highest BCUT2D eigenvalue weighted by atomic mass is 79.9. The summed E-state index contributed by atoms with van der Waals surface area (Å²) in [4.78, 5) is 41.2. The summed E-state index contributed by atoms with van der Waals surface area (Å²) < 4.78 is 72.4. The van der Waals surface area contributed by atoms with Crippen LogP contribution in [0.15, 0.2) is 169 Å². The van der Waals surface area contributed by atoms with Crippen molar-refractivity contribution in [2.24, 2.45) is 5.92 Å². The lowest BCUT2D eigenvalue weighted by molar-refractivity contribution is 0.0494. The van der Waals surface area contributed by atoms with Gasteiger partial charge in [-0.1, -0.05) is 159 Å². The molecule has 0 N–H and O–H groups in total. The lowest BCUT2D eigenvalue weighted by Gasteiger charge is -2.36. The average Bonchev–Trinajstić information content (AvgIpc) is 3.38. The van der Waals surface area contributed by atoms with Gasteiger partial charge in [-0.15, -0.1) is 0 Å². The smallest absolute Gasteiger partial charge is 0.341 e. The van der Waals surface area contributed by atoms with E-state index in [4.69, 9.17) is 28.4 Å². The number of rotatable bonds is 17. The standard InChI is InChI=1S/C53H38Br2F2N2O9/c1-2-63-50(60)41-26-14-23-38(35-19-10-5-11-20-35)46(41)68-53(32-59)42(31-58)43(56)47(66-44-36(33-15-6-3-7-16-33)21-12-24-39(44)51(61)64-29-27-54)48(49(53)57)67-45-37(34-17-8-4-9-18-34)22-13-25-40(45)52(62)65-30-28-55/h3-26,42H,2,27-30H2,1H3. The van der Waals surface area contributed by atoms with Crippen LogP contribution in [0, 0.1) is 28.6 Å². The highest BCUT2D eigenvalue weighted by Crippen LogP contribution is 2.50. The minimum atomic E-state index is -3.29. The van der Waals surface area contributed by atoms with Gasteiger partial charge >= 0.3 is 17.9 Å². The topological polar surface area (TPSA) is 154 Å². The van der Waals surface area contributed by atoms with E-state index in [2.05, 4.69) is 31.9 Å². The molecule has 0 saturated heterocycles. The maximum Gasteiger partial charge on any atom is 0.341 e. The van der Waals surface area contributed by atoms with Crippen LogP contribution in [-0.2, 0) is 14.2 Å². The predicted octanol–water partition coefficient (Wildman–Crippen LogP) is 12.3. The van der Waals surface area contributed by atoms with Crippen molar-refractivity contribution in [3.63, 3.8) is 0 Å². The Morgan fingerprint density at radius 2 is 0.956 bits per heavy atom. The average molecular weight is 1040 g/mol. The molecule has 0 radical (unpaired) electrons. The quantitative estimate of drug-likeness (QED) is 0.0487. The van der Waals surface area contributed by atoms with Crippen molar-refractivity contribution in [2.45, 2.75) is 12.5 Å². The second-order valence-electron chi connectivity index (χ2n) is 14.6. The van der Waals surface area contributed by atoms with Crippen molar-refractivity contribution >= 4 is 49.8 Å². The van der Waals surface area contributed by atoms with E-state index in [1.165, 1.54) is 42.5 Å². The lowest BCUT2D eigenvalue weighted by Crippen LogP contribution is -2.47. The first-order valence-corrected chi connectivity index (χ1v) is 23.2. The van der Waals surface area contributed by atoms with E-state index >= 15 is 8.78 Å². The van der Waals surface area contributed by atoms with E-state index in [1.807, 2.05) is 0 Å². The number of carbonyl (C=O) groups excluding carboxylic acids is 3. The highest BCUT2D eigenvalue weighted by Gasteiger charge is 2.58. The molecule has 1 aliphatic carbocycles. The van der Waals surface area contributed by atoms with Crippen molar-refractivity contribution in [1.29, 1.82) is 10.5 Å². The van der Waals surface area contributed by atoms with Gasteiger partial charge in [0.1, 0.15) is 53.2 Å². The number of nitriles is 2. The van der Waals surface area contributed by atoms with E-state index in [0.29, 0.717) is 16.7 Å². The van der Waals surface area contributed by atoms with Gasteiger partial charge in [0.2, 0.25) is 17.3 Å². The number of benzene rings is 6. The number of carbonyl (C=O) groups is 3.